The molecule has 162 valence electrons. The number of halogens is 1. The number of benzene rings is 3. The molecule has 0 saturated carbocycles. The van der Waals surface area contributed by atoms with Gasteiger partial charge in [0.1, 0.15) is 0 Å². The summed E-state index contributed by atoms with van der Waals surface area (Å²) in [5.41, 5.74) is 11.3. The highest BCUT2D eigenvalue weighted by molar-refractivity contribution is 7.98. The molecule has 33 heavy (non-hydrogen) atoms. The van der Waals surface area contributed by atoms with E-state index in [-0.39, 0.29) is 0 Å². The number of guanidine groups is 1. The Morgan fingerprint density at radius 3 is 2.39 bits per heavy atom. The highest BCUT2D eigenvalue weighted by Crippen LogP contribution is 2.32. The average Bonchev–Trinajstić information content (AvgIpc) is 2.87. The number of aromatic nitrogens is 1. The van der Waals surface area contributed by atoms with Crippen LogP contribution in [0.15, 0.2) is 100 Å². The third-order valence-corrected chi connectivity index (χ3v) is 5.88. The first kappa shape index (κ1) is 22.4. The van der Waals surface area contributed by atoms with Gasteiger partial charge in [-0.1, -0.05) is 54.1 Å². The zero-order valence-electron chi connectivity index (χ0n) is 17.6. The maximum atomic E-state index is 9.13. The van der Waals surface area contributed by atoms with Gasteiger partial charge in [0.15, 0.2) is 0 Å². The zero-order valence-corrected chi connectivity index (χ0v) is 19.1. The highest BCUT2D eigenvalue weighted by atomic mass is 35.5. The van der Waals surface area contributed by atoms with Crippen LogP contribution < -0.4 is 11.1 Å². The second-order valence-corrected chi connectivity index (χ2v) is 8.44. The largest absolute Gasteiger partial charge is 0.369 e. The molecule has 0 aliphatic carbocycles. The molecule has 0 unspecified atom stereocenters. The van der Waals surface area contributed by atoms with Gasteiger partial charge in [-0.15, -0.1) is 0 Å². The van der Waals surface area contributed by atoms with Gasteiger partial charge in [-0.05, 0) is 53.6 Å². The first-order chi connectivity index (χ1) is 16.1. The Morgan fingerprint density at radius 2 is 1.70 bits per heavy atom. The summed E-state index contributed by atoms with van der Waals surface area (Å²) in [5.74, 6) is 0.338. The molecular formula is C26H20ClN5S. The van der Waals surface area contributed by atoms with Gasteiger partial charge in [-0.25, -0.2) is 0 Å². The minimum atomic E-state index is 0.338. The summed E-state index contributed by atoms with van der Waals surface area (Å²) in [5, 5.41) is 12.9. The van der Waals surface area contributed by atoms with E-state index in [1.807, 2.05) is 72.9 Å². The predicted molar refractivity (Wildman–Crippen MR) is 136 cm³/mol. The number of hydrogen-bond donors (Lipinski definition) is 2. The smallest absolute Gasteiger partial charge is 0.201 e. The van der Waals surface area contributed by atoms with Crippen molar-refractivity contribution in [1.29, 1.82) is 5.26 Å². The summed E-state index contributed by atoms with van der Waals surface area (Å²) in [6, 6.07) is 29.1. The van der Waals surface area contributed by atoms with E-state index >= 15 is 0 Å². The molecule has 0 radical (unpaired) electrons. The molecule has 0 fully saturated rings. The second kappa shape index (κ2) is 10.7. The Labute approximate surface area is 202 Å². The molecule has 7 heteroatoms. The van der Waals surface area contributed by atoms with Crippen LogP contribution in [-0.2, 0) is 6.54 Å². The standard InChI is InChI=1S/C26H20ClN5S/c27-22-12-10-21(11-13-22)25-24(20-8-6-18(15-28)7-9-20)14-19(16-30-25)17-31-26(29)32-33-23-4-2-1-3-5-23/h1-14,16H,17H2,(H3,29,31,32). The van der Waals surface area contributed by atoms with Crippen molar-refractivity contribution in [2.45, 2.75) is 11.4 Å². The molecule has 0 aliphatic heterocycles. The number of rotatable bonds is 6. The Balaban J connectivity index is 1.59. The normalized spacial score (nSPS) is 11.1. The van der Waals surface area contributed by atoms with E-state index in [9.17, 15) is 0 Å². The Morgan fingerprint density at radius 1 is 1.00 bits per heavy atom. The molecule has 1 heterocycles. The number of nitrogens with two attached hydrogens (primary N) is 1. The molecule has 4 aromatic rings. The van der Waals surface area contributed by atoms with Crippen LogP contribution in [0.5, 0.6) is 0 Å². The number of nitrogens with zero attached hydrogens (tertiary/aromatic N) is 3. The number of nitriles is 1. The summed E-state index contributed by atoms with van der Waals surface area (Å²) >= 11 is 7.38. The lowest BCUT2D eigenvalue weighted by Gasteiger charge is -2.13. The van der Waals surface area contributed by atoms with Crippen molar-refractivity contribution in [1.82, 2.24) is 10.3 Å². The van der Waals surface area contributed by atoms with Crippen molar-refractivity contribution in [3.63, 3.8) is 0 Å². The first-order valence-corrected chi connectivity index (χ1v) is 11.3. The summed E-state index contributed by atoms with van der Waals surface area (Å²) in [4.78, 5) is 5.75. The van der Waals surface area contributed by atoms with Gasteiger partial charge in [0.2, 0.25) is 5.96 Å². The van der Waals surface area contributed by atoms with Crippen LogP contribution >= 0.6 is 23.5 Å². The van der Waals surface area contributed by atoms with Gasteiger partial charge < -0.3 is 11.1 Å². The van der Waals surface area contributed by atoms with E-state index in [2.05, 4.69) is 21.9 Å². The van der Waals surface area contributed by atoms with Gasteiger partial charge in [-0.2, -0.15) is 9.66 Å². The molecular weight excluding hydrogens is 450 g/mol. The number of nitrogens with one attached hydrogen (secondary N) is 1. The molecule has 3 N–H and O–H groups in total. The zero-order chi connectivity index (χ0) is 23.0. The van der Waals surface area contributed by atoms with Gasteiger partial charge >= 0.3 is 0 Å². The van der Waals surface area contributed by atoms with Crippen molar-refractivity contribution >= 4 is 29.5 Å². The van der Waals surface area contributed by atoms with Crippen molar-refractivity contribution in [2.24, 2.45) is 10.1 Å². The lowest BCUT2D eigenvalue weighted by molar-refractivity contribution is 0.900. The van der Waals surface area contributed by atoms with Crippen LogP contribution in [0.4, 0.5) is 0 Å². The first-order valence-electron chi connectivity index (χ1n) is 10.2. The quantitative estimate of drug-likeness (QED) is 0.204. The van der Waals surface area contributed by atoms with E-state index in [0.29, 0.717) is 23.1 Å². The lowest BCUT2D eigenvalue weighted by atomic mass is 9.97. The van der Waals surface area contributed by atoms with Crippen LogP contribution in [0.3, 0.4) is 0 Å². The van der Waals surface area contributed by atoms with Gasteiger partial charge in [0.05, 0.1) is 17.3 Å². The maximum absolute atomic E-state index is 9.13. The highest BCUT2D eigenvalue weighted by Gasteiger charge is 2.11. The molecule has 0 aliphatic rings. The fraction of sp³-hybridized carbons (Fsp3) is 0.0385. The maximum Gasteiger partial charge on any atom is 0.201 e. The van der Waals surface area contributed by atoms with E-state index in [4.69, 9.17) is 27.6 Å². The molecule has 0 bridgehead atoms. The second-order valence-electron chi connectivity index (χ2n) is 7.17. The molecule has 4 rings (SSSR count). The minimum Gasteiger partial charge on any atom is -0.369 e. The van der Waals surface area contributed by atoms with Gasteiger partial charge in [0.25, 0.3) is 0 Å². The van der Waals surface area contributed by atoms with E-state index in [0.717, 1.165) is 32.8 Å². The predicted octanol–water partition coefficient (Wildman–Crippen LogP) is 6.05. The third kappa shape index (κ3) is 5.92. The number of pyridine rings is 1. The average molecular weight is 470 g/mol. The fourth-order valence-electron chi connectivity index (χ4n) is 3.19. The minimum absolute atomic E-state index is 0.338. The van der Waals surface area contributed by atoms with Crippen molar-refractivity contribution in [3.05, 3.63) is 107 Å². The molecule has 0 spiro atoms. The van der Waals surface area contributed by atoms with E-state index in [1.54, 1.807) is 12.1 Å². The van der Waals surface area contributed by atoms with E-state index in [1.165, 1.54) is 11.9 Å². The third-order valence-electron chi connectivity index (χ3n) is 4.85. The summed E-state index contributed by atoms with van der Waals surface area (Å²) in [7, 11) is 0. The van der Waals surface area contributed by atoms with Crippen molar-refractivity contribution in [2.75, 3.05) is 0 Å². The molecule has 3 aromatic carbocycles. The Hall–Kier alpha value is -3.79. The summed E-state index contributed by atoms with van der Waals surface area (Å²) in [6.07, 6.45) is 1.82. The molecule has 0 atom stereocenters. The molecule has 0 amide bonds. The molecule has 1 aromatic heterocycles. The van der Waals surface area contributed by atoms with Crippen molar-refractivity contribution in [3.8, 4) is 28.5 Å². The van der Waals surface area contributed by atoms with Gasteiger partial charge in [-0.3, -0.25) is 4.98 Å². The van der Waals surface area contributed by atoms with Crippen molar-refractivity contribution < 1.29 is 0 Å². The van der Waals surface area contributed by atoms with Crippen LogP contribution in [0, 0.1) is 11.3 Å². The van der Waals surface area contributed by atoms with Crippen LogP contribution in [0.2, 0.25) is 5.02 Å². The van der Waals surface area contributed by atoms with Crippen LogP contribution in [0.1, 0.15) is 11.1 Å². The Kier molecular flexibility index (Phi) is 7.26. The fourth-order valence-corrected chi connectivity index (χ4v) is 3.87. The van der Waals surface area contributed by atoms with Crippen LogP contribution in [0.25, 0.3) is 22.4 Å². The summed E-state index contributed by atoms with van der Waals surface area (Å²) < 4.78 is 4.32. The molecule has 5 nitrogen and oxygen atoms in total. The lowest BCUT2D eigenvalue weighted by Crippen LogP contribution is -2.30. The monoisotopic (exact) mass is 469 g/mol. The number of hydrogen-bond acceptors (Lipinski definition) is 4. The SMILES string of the molecule is N#Cc1ccc(-c2cc(CN/C(N)=N/Sc3ccccc3)cnc2-c2ccc(Cl)cc2)cc1. The summed E-state index contributed by atoms with van der Waals surface area (Å²) in [6.45, 7) is 0.474. The van der Waals surface area contributed by atoms with Crippen LogP contribution in [-0.4, -0.2) is 10.9 Å². The molecule has 0 saturated heterocycles. The van der Waals surface area contributed by atoms with E-state index < -0.39 is 0 Å². The topological polar surface area (TPSA) is 87.1 Å². The van der Waals surface area contributed by atoms with Gasteiger partial charge in [0, 0.05) is 45.7 Å². The Bertz CT molecular complexity index is 1300.